The number of rotatable bonds is 4. The van der Waals surface area contributed by atoms with E-state index in [-0.39, 0.29) is 0 Å². The number of hydrogen-bond donors (Lipinski definition) is 1. The molecule has 0 unspecified atom stereocenters. The quantitative estimate of drug-likeness (QED) is 0.583. The molecule has 0 atom stereocenters. The minimum Gasteiger partial charge on any atom is -0.366 e. The molecular formula is C23H23N5. The van der Waals surface area contributed by atoms with Crippen molar-refractivity contribution in [2.75, 3.05) is 12.4 Å². The summed E-state index contributed by atoms with van der Waals surface area (Å²) in [7, 11) is 2.12. The third kappa shape index (κ3) is 2.94. The van der Waals surface area contributed by atoms with E-state index in [0.717, 1.165) is 48.3 Å². The maximum absolute atomic E-state index is 4.96. The van der Waals surface area contributed by atoms with Crippen molar-refractivity contribution in [2.45, 2.75) is 26.6 Å². The van der Waals surface area contributed by atoms with Gasteiger partial charge < -0.3 is 5.32 Å². The molecule has 0 spiro atoms. The zero-order valence-electron chi connectivity index (χ0n) is 16.2. The lowest BCUT2D eigenvalue weighted by Gasteiger charge is -2.14. The van der Waals surface area contributed by atoms with Crippen LogP contribution in [0.1, 0.15) is 22.5 Å². The van der Waals surface area contributed by atoms with Crippen LogP contribution < -0.4 is 5.32 Å². The average molecular weight is 369 g/mol. The molecule has 28 heavy (non-hydrogen) atoms. The summed E-state index contributed by atoms with van der Waals surface area (Å²) in [6, 6.07) is 21.0. The molecule has 4 aromatic rings. The largest absolute Gasteiger partial charge is 0.366 e. The number of anilines is 1. The fraction of sp³-hybridized carbons (Fsp3) is 0.217. The van der Waals surface area contributed by atoms with Crippen LogP contribution in [0.15, 0.2) is 60.7 Å². The topological polar surface area (TPSA) is 46.0 Å². The van der Waals surface area contributed by atoms with Gasteiger partial charge in [0.05, 0.1) is 11.2 Å². The second-order valence-corrected chi connectivity index (χ2v) is 7.49. The van der Waals surface area contributed by atoms with E-state index in [9.17, 15) is 0 Å². The van der Waals surface area contributed by atoms with E-state index in [2.05, 4.69) is 83.4 Å². The van der Waals surface area contributed by atoms with Crippen molar-refractivity contribution in [1.82, 2.24) is 19.4 Å². The second-order valence-electron chi connectivity index (χ2n) is 7.49. The van der Waals surface area contributed by atoms with Gasteiger partial charge in [-0.2, -0.15) is 4.98 Å². The van der Waals surface area contributed by atoms with E-state index < -0.39 is 0 Å². The van der Waals surface area contributed by atoms with Gasteiger partial charge in [-0.3, -0.25) is 9.47 Å². The Bertz CT molecular complexity index is 1150. The van der Waals surface area contributed by atoms with E-state index in [4.69, 9.17) is 9.97 Å². The summed E-state index contributed by atoms with van der Waals surface area (Å²) in [6.07, 6.45) is 0. The van der Waals surface area contributed by atoms with Gasteiger partial charge >= 0.3 is 0 Å². The summed E-state index contributed by atoms with van der Waals surface area (Å²) in [6.45, 7) is 4.58. The van der Waals surface area contributed by atoms with Crippen molar-refractivity contribution in [3.63, 3.8) is 0 Å². The van der Waals surface area contributed by atoms with Crippen LogP contribution in [0.3, 0.4) is 0 Å². The number of aryl methyl sites for hydroxylation is 1. The highest BCUT2D eigenvalue weighted by Gasteiger charge is 2.24. The number of aromatic nitrogens is 3. The lowest BCUT2D eigenvalue weighted by molar-refractivity contribution is 0.351. The van der Waals surface area contributed by atoms with Crippen LogP contribution in [0.25, 0.3) is 16.9 Å². The molecule has 1 N–H and O–H groups in total. The first-order valence-corrected chi connectivity index (χ1v) is 9.62. The van der Waals surface area contributed by atoms with Crippen molar-refractivity contribution in [1.29, 1.82) is 0 Å². The minimum absolute atomic E-state index is 0.739. The van der Waals surface area contributed by atoms with E-state index in [1.807, 2.05) is 6.07 Å². The van der Waals surface area contributed by atoms with Crippen molar-refractivity contribution >= 4 is 16.7 Å². The zero-order valence-corrected chi connectivity index (χ0v) is 16.2. The van der Waals surface area contributed by atoms with Gasteiger partial charge in [0.15, 0.2) is 0 Å². The van der Waals surface area contributed by atoms with Gasteiger partial charge in [-0.25, -0.2) is 4.98 Å². The van der Waals surface area contributed by atoms with Gasteiger partial charge in [-0.15, -0.1) is 0 Å². The van der Waals surface area contributed by atoms with Crippen LogP contribution in [0.4, 0.5) is 5.82 Å². The monoisotopic (exact) mass is 369 g/mol. The number of nitrogens with one attached hydrogen (secondary N) is 1. The van der Waals surface area contributed by atoms with Crippen LogP contribution in [0.5, 0.6) is 0 Å². The van der Waals surface area contributed by atoms with Crippen molar-refractivity contribution in [2.24, 2.45) is 0 Å². The molecule has 0 amide bonds. The van der Waals surface area contributed by atoms with Crippen molar-refractivity contribution in [3.05, 3.63) is 83.2 Å². The number of fused-ring (bicyclic) bond motifs is 2. The molecule has 5 rings (SSSR count). The molecule has 0 saturated carbocycles. The molecule has 1 aliphatic rings. The third-order valence-electron chi connectivity index (χ3n) is 5.33. The minimum atomic E-state index is 0.739. The third-order valence-corrected chi connectivity index (χ3v) is 5.33. The molecule has 3 heterocycles. The molecule has 0 bridgehead atoms. The lowest BCUT2D eigenvalue weighted by Crippen LogP contribution is -2.11. The smallest absolute Gasteiger partial charge is 0.236 e. The lowest BCUT2D eigenvalue weighted by atomic mass is 10.2. The summed E-state index contributed by atoms with van der Waals surface area (Å²) in [5.41, 5.74) is 5.84. The Morgan fingerprint density at radius 1 is 0.964 bits per heavy atom. The normalized spacial score (nSPS) is 13.8. The van der Waals surface area contributed by atoms with E-state index >= 15 is 0 Å². The molecule has 0 fully saturated rings. The SMILES string of the molecule is Cc1cc2ccccc2n1-c1nc2c(c(NCc3ccccc3)n1)CN(C)C2. The molecular weight excluding hydrogens is 346 g/mol. The Morgan fingerprint density at radius 2 is 1.75 bits per heavy atom. The molecule has 1 aliphatic heterocycles. The second kappa shape index (κ2) is 6.77. The molecule has 0 saturated heterocycles. The van der Waals surface area contributed by atoms with Gasteiger partial charge in [0.1, 0.15) is 5.82 Å². The molecule has 5 heteroatoms. The summed E-state index contributed by atoms with van der Waals surface area (Å²) in [5.74, 6) is 1.67. The van der Waals surface area contributed by atoms with Gasteiger partial charge in [0.2, 0.25) is 5.95 Å². The first-order valence-electron chi connectivity index (χ1n) is 9.62. The van der Waals surface area contributed by atoms with Crippen LogP contribution >= 0.6 is 0 Å². The number of para-hydroxylation sites is 1. The number of benzene rings is 2. The molecule has 0 radical (unpaired) electrons. The number of hydrogen-bond acceptors (Lipinski definition) is 4. The molecule has 2 aromatic heterocycles. The number of nitrogens with zero attached hydrogens (tertiary/aromatic N) is 4. The Morgan fingerprint density at radius 3 is 2.61 bits per heavy atom. The van der Waals surface area contributed by atoms with Crippen molar-refractivity contribution in [3.8, 4) is 5.95 Å². The fourth-order valence-electron chi connectivity index (χ4n) is 3.98. The Labute approximate surface area is 164 Å². The van der Waals surface area contributed by atoms with Crippen LogP contribution in [-0.4, -0.2) is 26.5 Å². The predicted molar refractivity (Wildman–Crippen MR) is 113 cm³/mol. The highest BCUT2D eigenvalue weighted by Crippen LogP contribution is 2.29. The zero-order chi connectivity index (χ0) is 19.1. The Hall–Kier alpha value is -3.18. The first kappa shape index (κ1) is 17.0. The van der Waals surface area contributed by atoms with E-state index in [1.165, 1.54) is 16.5 Å². The van der Waals surface area contributed by atoms with Gasteiger partial charge in [-0.1, -0.05) is 48.5 Å². The molecule has 2 aromatic carbocycles. The van der Waals surface area contributed by atoms with Gasteiger partial charge in [0, 0.05) is 36.3 Å². The summed E-state index contributed by atoms with van der Waals surface area (Å²) < 4.78 is 2.15. The average Bonchev–Trinajstić information content (AvgIpc) is 3.24. The van der Waals surface area contributed by atoms with Crippen LogP contribution in [0.2, 0.25) is 0 Å². The standard InChI is InChI=1S/C23H23N5/c1-16-12-18-10-6-7-11-21(18)28(16)23-25-20-15-27(2)14-19(20)22(26-23)24-13-17-8-4-3-5-9-17/h3-12H,13-15H2,1-2H3,(H,24,25,26). The van der Waals surface area contributed by atoms with Crippen molar-refractivity contribution < 1.29 is 0 Å². The predicted octanol–water partition coefficient (Wildman–Crippen LogP) is 4.29. The fourth-order valence-corrected chi connectivity index (χ4v) is 3.98. The maximum atomic E-state index is 4.96. The van der Waals surface area contributed by atoms with Crippen LogP contribution in [-0.2, 0) is 19.6 Å². The first-order chi connectivity index (χ1) is 13.7. The molecule has 5 nitrogen and oxygen atoms in total. The molecule has 140 valence electrons. The van der Waals surface area contributed by atoms with Gasteiger partial charge in [0.25, 0.3) is 0 Å². The van der Waals surface area contributed by atoms with Crippen LogP contribution in [0, 0.1) is 6.92 Å². The Balaban J connectivity index is 1.60. The maximum Gasteiger partial charge on any atom is 0.236 e. The Kier molecular flexibility index (Phi) is 4.10. The highest BCUT2D eigenvalue weighted by molar-refractivity contribution is 5.82. The van der Waals surface area contributed by atoms with Gasteiger partial charge in [-0.05, 0) is 31.7 Å². The summed E-state index contributed by atoms with van der Waals surface area (Å²) in [5, 5.41) is 4.77. The van der Waals surface area contributed by atoms with E-state index in [0.29, 0.717) is 0 Å². The van der Waals surface area contributed by atoms with E-state index in [1.54, 1.807) is 0 Å². The molecule has 0 aliphatic carbocycles. The summed E-state index contributed by atoms with van der Waals surface area (Å²) in [4.78, 5) is 12.2. The summed E-state index contributed by atoms with van der Waals surface area (Å²) >= 11 is 0. The highest BCUT2D eigenvalue weighted by atomic mass is 15.2.